The fourth-order valence-corrected chi connectivity index (χ4v) is 4.31. The van der Waals surface area contributed by atoms with Crippen LogP contribution in [0.3, 0.4) is 0 Å². The maximum absolute atomic E-state index is 13.1. The van der Waals surface area contributed by atoms with E-state index >= 15 is 0 Å². The lowest BCUT2D eigenvalue weighted by molar-refractivity contribution is -0.137. The maximum Gasteiger partial charge on any atom is 0.416 e. The van der Waals surface area contributed by atoms with Gasteiger partial charge < -0.3 is 32.3 Å². The zero-order chi connectivity index (χ0) is 35.7. The average molecular weight is 675 g/mol. The van der Waals surface area contributed by atoms with Gasteiger partial charge in [0.25, 0.3) is 11.8 Å². The standard InChI is InChI=1S/C33H29F3N8O5/c1-3-28(46)44-26(15-27(37)45)31(49)41-21-8-5-9-22(13-21)43-32-38-16-24(17-39-32)42-30(48)25-14-23(11-10-18(25)2)40-29(47)19-6-4-7-20(12-19)33(34,35)36/h3-14,16-17,26H,1,15H2,2H3,(H2,37,45)(H,40,47)(H,41,49)(H,42,48)(H,44,46)(H,38,39,43). The third-order valence-electron chi connectivity index (χ3n) is 6.71. The Labute approximate surface area is 277 Å². The highest BCUT2D eigenvalue weighted by Gasteiger charge is 2.31. The second-order valence-electron chi connectivity index (χ2n) is 10.4. The summed E-state index contributed by atoms with van der Waals surface area (Å²) in [5, 5.41) is 13.0. The molecule has 0 spiro atoms. The van der Waals surface area contributed by atoms with Crippen molar-refractivity contribution < 1.29 is 37.1 Å². The summed E-state index contributed by atoms with van der Waals surface area (Å²) in [6.45, 7) is 4.98. The lowest BCUT2D eigenvalue weighted by atomic mass is 10.1. The smallest absolute Gasteiger partial charge is 0.370 e. The summed E-state index contributed by atoms with van der Waals surface area (Å²) in [5.41, 5.74) is 5.99. The van der Waals surface area contributed by atoms with Gasteiger partial charge in [-0.25, -0.2) is 9.97 Å². The Morgan fingerprint density at radius 1 is 0.837 bits per heavy atom. The summed E-state index contributed by atoms with van der Waals surface area (Å²) in [7, 11) is 0. The number of carbonyl (C=O) groups excluding carboxylic acids is 5. The van der Waals surface area contributed by atoms with Crippen LogP contribution in [0.15, 0.2) is 91.8 Å². The minimum atomic E-state index is -4.61. The fourth-order valence-electron chi connectivity index (χ4n) is 4.31. The average Bonchev–Trinajstić information content (AvgIpc) is 3.05. The zero-order valence-corrected chi connectivity index (χ0v) is 25.7. The van der Waals surface area contributed by atoms with Gasteiger partial charge in [0.2, 0.25) is 23.7 Å². The van der Waals surface area contributed by atoms with Crippen molar-refractivity contribution in [2.45, 2.75) is 25.6 Å². The second kappa shape index (κ2) is 15.3. The van der Waals surface area contributed by atoms with Gasteiger partial charge in [0.15, 0.2) is 0 Å². The summed E-state index contributed by atoms with van der Waals surface area (Å²) in [6.07, 6.45) is -1.40. The molecule has 5 amide bonds. The molecule has 0 aliphatic rings. The third-order valence-corrected chi connectivity index (χ3v) is 6.71. The van der Waals surface area contributed by atoms with Gasteiger partial charge in [-0.05, 0) is 67.1 Å². The van der Waals surface area contributed by atoms with Gasteiger partial charge >= 0.3 is 6.18 Å². The van der Waals surface area contributed by atoms with E-state index in [0.29, 0.717) is 16.9 Å². The molecule has 3 aromatic carbocycles. The van der Waals surface area contributed by atoms with Crippen LogP contribution in [0.25, 0.3) is 0 Å². The molecule has 252 valence electrons. The van der Waals surface area contributed by atoms with E-state index in [9.17, 15) is 37.1 Å². The van der Waals surface area contributed by atoms with Gasteiger partial charge in [0.1, 0.15) is 6.04 Å². The Morgan fingerprint density at radius 2 is 1.49 bits per heavy atom. The van der Waals surface area contributed by atoms with Crippen molar-refractivity contribution in [3.8, 4) is 0 Å². The van der Waals surface area contributed by atoms with Crippen LogP contribution >= 0.6 is 0 Å². The molecule has 0 radical (unpaired) electrons. The van der Waals surface area contributed by atoms with E-state index < -0.39 is 53.7 Å². The number of halogens is 3. The zero-order valence-electron chi connectivity index (χ0n) is 25.7. The first kappa shape index (κ1) is 35.3. The number of aromatic nitrogens is 2. The molecule has 1 heterocycles. The molecule has 0 bridgehead atoms. The van der Waals surface area contributed by atoms with Crippen LogP contribution in [0.1, 0.15) is 38.3 Å². The normalized spacial score (nSPS) is 11.4. The Morgan fingerprint density at radius 3 is 2.16 bits per heavy atom. The van der Waals surface area contributed by atoms with Crippen LogP contribution < -0.4 is 32.3 Å². The van der Waals surface area contributed by atoms with Gasteiger partial charge in [0, 0.05) is 28.2 Å². The number of benzene rings is 3. The van der Waals surface area contributed by atoms with Gasteiger partial charge in [0.05, 0.1) is 30.1 Å². The van der Waals surface area contributed by atoms with Gasteiger partial charge in [-0.2, -0.15) is 13.2 Å². The van der Waals surface area contributed by atoms with Crippen LogP contribution in [0.2, 0.25) is 0 Å². The number of nitrogens with two attached hydrogens (primary N) is 1. The van der Waals surface area contributed by atoms with Crippen LogP contribution in [0, 0.1) is 6.92 Å². The molecule has 4 rings (SSSR count). The lowest BCUT2D eigenvalue weighted by Crippen LogP contribution is -2.45. The fraction of sp³-hybridized carbons (Fsp3) is 0.121. The summed E-state index contributed by atoms with van der Waals surface area (Å²) >= 11 is 0. The third kappa shape index (κ3) is 9.95. The summed E-state index contributed by atoms with van der Waals surface area (Å²) < 4.78 is 39.2. The SMILES string of the molecule is C=CC(=O)NC(CC(N)=O)C(=O)Nc1cccc(Nc2ncc(NC(=O)c3cc(NC(=O)c4cccc(C(F)(F)F)c4)ccc3C)cn2)c1. The van der Waals surface area contributed by atoms with Crippen molar-refractivity contribution in [1.29, 1.82) is 0 Å². The molecular weight excluding hydrogens is 645 g/mol. The van der Waals surface area contributed by atoms with E-state index in [2.05, 4.69) is 43.1 Å². The van der Waals surface area contributed by atoms with E-state index in [1.54, 1.807) is 37.3 Å². The van der Waals surface area contributed by atoms with Crippen LogP contribution in [-0.2, 0) is 20.6 Å². The number of rotatable bonds is 12. The lowest BCUT2D eigenvalue weighted by Gasteiger charge is -2.16. The molecular formula is C33H29F3N8O5. The molecule has 0 aliphatic carbocycles. The number of anilines is 5. The molecule has 49 heavy (non-hydrogen) atoms. The number of hydrogen-bond acceptors (Lipinski definition) is 8. The summed E-state index contributed by atoms with van der Waals surface area (Å²) in [6, 6.07) is 13.6. The van der Waals surface area contributed by atoms with Crippen molar-refractivity contribution in [3.63, 3.8) is 0 Å². The van der Waals surface area contributed by atoms with E-state index in [-0.39, 0.29) is 28.5 Å². The second-order valence-corrected chi connectivity index (χ2v) is 10.4. The number of aryl methyl sites for hydroxylation is 1. The molecule has 0 aliphatic heterocycles. The number of alkyl halides is 3. The predicted molar refractivity (Wildman–Crippen MR) is 175 cm³/mol. The highest BCUT2D eigenvalue weighted by atomic mass is 19.4. The molecule has 13 nitrogen and oxygen atoms in total. The first-order valence-electron chi connectivity index (χ1n) is 14.3. The van der Waals surface area contributed by atoms with Crippen LogP contribution in [0.5, 0.6) is 0 Å². The first-order chi connectivity index (χ1) is 23.2. The van der Waals surface area contributed by atoms with Gasteiger partial charge in [-0.15, -0.1) is 0 Å². The topological polar surface area (TPSA) is 197 Å². The predicted octanol–water partition coefficient (Wildman–Crippen LogP) is 4.54. The maximum atomic E-state index is 13.1. The van der Waals surface area contributed by atoms with Crippen molar-refractivity contribution >= 4 is 58.2 Å². The highest BCUT2D eigenvalue weighted by Crippen LogP contribution is 2.30. The van der Waals surface area contributed by atoms with Crippen molar-refractivity contribution in [2.24, 2.45) is 5.73 Å². The molecule has 1 atom stereocenters. The molecule has 7 N–H and O–H groups in total. The number of nitrogens with one attached hydrogen (secondary N) is 5. The first-order valence-corrected chi connectivity index (χ1v) is 14.3. The number of carbonyl (C=O) groups is 5. The molecule has 0 saturated carbocycles. The quantitative estimate of drug-likeness (QED) is 0.118. The van der Waals surface area contributed by atoms with Gasteiger partial charge in [-0.1, -0.05) is 24.8 Å². The van der Waals surface area contributed by atoms with E-state index in [4.69, 9.17) is 5.73 Å². The largest absolute Gasteiger partial charge is 0.416 e. The minimum Gasteiger partial charge on any atom is -0.370 e. The molecule has 1 unspecified atom stereocenters. The molecule has 1 aromatic heterocycles. The Balaban J connectivity index is 1.38. The Bertz CT molecular complexity index is 1920. The summed E-state index contributed by atoms with van der Waals surface area (Å²) in [5.74, 6) is -3.32. The molecule has 0 fully saturated rings. The van der Waals surface area contributed by atoms with Crippen LogP contribution in [0.4, 0.5) is 41.9 Å². The summed E-state index contributed by atoms with van der Waals surface area (Å²) in [4.78, 5) is 69.8. The van der Waals surface area contributed by atoms with Crippen LogP contribution in [-0.4, -0.2) is 45.5 Å². The van der Waals surface area contributed by atoms with Crippen molar-refractivity contribution in [3.05, 3.63) is 114 Å². The van der Waals surface area contributed by atoms with E-state index in [0.717, 1.165) is 24.3 Å². The van der Waals surface area contributed by atoms with E-state index in [1.807, 2.05) is 0 Å². The Kier molecular flexibility index (Phi) is 11.0. The molecule has 0 saturated heterocycles. The van der Waals surface area contributed by atoms with Gasteiger partial charge in [-0.3, -0.25) is 24.0 Å². The molecule has 16 heteroatoms. The number of nitrogens with zero attached hydrogens (tertiary/aromatic N) is 2. The van der Waals surface area contributed by atoms with Crippen molar-refractivity contribution in [2.75, 3.05) is 21.3 Å². The monoisotopic (exact) mass is 674 g/mol. The van der Waals surface area contributed by atoms with E-state index in [1.165, 1.54) is 30.6 Å². The Hall–Kier alpha value is -6.58. The number of primary amides is 1. The number of hydrogen-bond donors (Lipinski definition) is 6. The highest BCUT2D eigenvalue weighted by molar-refractivity contribution is 6.08. The van der Waals surface area contributed by atoms with Crippen molar-refractivity contribution in [1.82, 2.24) is 15.3 Å². The molecule has 4 aromatic rings. The number of amides is 5. The minimum absolute atomic E-state index is 0.141.